The number of ketones is 1. The smallest absolute Gasteiger partial charge is 0.282 e. The standard InChI is InChI=1S/C18H16Cl2FN3O2/c1-18(4-5-26-17(22)24-18)12-6-10(2-3-14(12)21)7-15(25)16-13(20)8-11(19)9-23-16/h2-3,6,8-9H,4-5,7H2,1H3,(H2,22,24)/t18-/m0/s1. The molecule has 5 nitrogen and oxygen atoms in total. The van der Waals surface area contributed by atoms with Gasteiger partial charge in [0.1, 0.15) is 11.5 Å². The first-order chi connectivity index (χ1) is 12.3. The summed E-state index contributed by atoms with van der Waals surface area (Å²) in [6.45, 7) is 2.13. The van der Waals surface area contributed by atoms with Gasteiger partial charge in [-0.15, -0.1) is 0 Å². The second-order valence-electron chi connectivity index (χ2n) is 6.22. The Bertz CT molecular complexity index is 904. The summed E-state index contributed by atoms with van der Waals surface area (Å²) in [6.07, 6.45) is 1.86. The topological polar surface area (TPSA) is 77.6 Å². The van der Waals surface area contributed by atoms with Crippen LogP contribution in [0.25, 0.3) is 0 Å². The Morgan fingerprint density at radius 1 is 1.38 bits per heavy atom. The van der Waals surface area contributed by atoms with E-state index in [4.69, 9.17) is 33.7 Å². The van der Waals surface area contributed by atoms with Crippen LogP contribution in [-0.2, 0) is 16.7 Å². The molecule has 2 N–H and O–H groups in total. The highest BCUT2D eigenvalue weighted by molar-refractivity contribution is 6.36. The summed E-state index contributed by atoms with van der Waals surface area (Å²) in [5.74, 6) is -0.700. The van der Waals surface area contributed by atoms with Gasteiger partial charge in [0, 0.05) is 24.6 Å². The van der Waals surface area contributed by atoms with Crippen LogP contribution >= 0.6 is 23.2 Å². The van der Waals surface area contributed by atoms with E-state index in [0.717, 1.165) is 0 Å². The minimum absolute atomic E-state index is 0.0212. The van der Waals surface area contributed by atoms with Crippen LogP contribution in [0.2, 0.25) is 10.0 Å². The van der Waals surface area contributed by atoms with Crippen LogP contribution in [0.3, 0.4) is 0 Å². The number of aliphatic imine (C=N–C) groups is 1. The van der Waals surface area contributed by atoms with Gasteiger partial charge in [-0.05, 0) is 30.7 Å². The molecule has 0 spiro atoms. The van der Waals surface area contributed by atoms with Crippen LogP contribution in [0.1, 0.15) is 35.0 Å². The van der Waals surface area contributed by atoms with Crippen LogP contribution in [-0.4, -0.2) is 23.4 Å². The molecule has 0 radical (unpaired) electrons. The number of hydrogen-bond donors (Lipinski definition) is 1. The van der Waals surface area contributed by atoms with E-state index in [1.807, 2.05) is 0 Å². The lowest BCUT2D eigenvalue weighted by molar-refractivity contribution is 0.0988. The first-order valence-electron chi connectivity index (χ1n) is 7.90. The lowest BCUT2D eigenvalue weighted by Crippen LogP contribution is -2.34. The molecule has 0 unspecified atom stereocenters. The molecule has 2 heterocycles. The van der Waals surface area contributed by atoms with E-state index in [0.29, 0.717) is 29.2 Å². The average molecular weight is 396 g/mol. The number of nitrogens with two attached hydrogens (primary N) is 1. The molecule has 1 atom stereocenters. The average Bonchev–Trinajstić information content (AvgIpc) is 2.56. The van der Waals surface area contributed by atoms with Gasteiger partial charge in [-0.3, -0.25) is 4.79 Å². The van der Waals surface area contributed by atoms with Crippen molar-refractivity contribution < 1.29 is 13.9 Å². The van der Waals surface area contributed by atoms with Crippen LogP contribution in [0, 0.1) is 5.82 Å². The minimum atomic E-state index is -0.846. The Balaban J connectivity index is 1.90. The molecule has 0 aliphatic carbocycles. The van der Waals surface area contributed by atoms with Crippen molar-refractivity contribution in [3.63, 3.8) is 0 Å². The highest BCUT2D eigenvalue weighted by Crippen LogP contribution is 2.34. The molecule has 1 aliphatic rings. The molecule has 0 saturated carbocycles. The maximum atomic E-state index is 14.4. The summed E-state index contributed by atoms with van der Waals surface area (Å²) in [5, 5.41) is 0.525. The first-order valence-corrected chi connectivity index (χ1v) is 8.65. The third-order valence-corrected chi connectivity index (χ3v) is 4.74. The van der Waals surface area contributed by atoms with Gasteiger partial charge < -0.3 is 10.5 Å². The van der Waals surface area contributed by atoms with Crippen molar-refractivity contribution >= 4 is 35.0 Å². The molecule has 0 amide bonds. The number of nitrogens with zero attached hydrogens (tertiary/aromatic N) is 2. The molecular formula is C18H16Cl2FN3O2. The van der Waals surface area contributed by atoms with E-state index < -0.39 is 11.4 Å². The fourth-order valence-corrected chi connectivity index (χ4v) is 3.35. The zero-order valence-corrected chi connectivity index (χ0v) is 15.4. The number of Topliss-reactive ketones (excluding diaryl/α,β-unsaturated/α-hetero) is 1. The number of benzene rings is 1. The quantitative estimate of drug-likeness (QED) is 0.796. The van der Waals surface area contributed by atoms with E-state index in [2.05, 4.69) is 9.98 Å². The third kappa shape index (κ3) is 3.81. The normalized spacial score (nSPS) is 19.6. The first kappa shape index (κ1) is 18.6. The van der Waals surface area contributed by atoms with Gasteiger partial charge in [0.25, 0.3) is 6.02 Å². The van der Waals surface area contributed by atoms with E-state index in [-0.39, 0.29) is 28.9 Å². The van der Waals surface area contributed by atoms with Gasteiger partial charge in [-0.1, -0.05) is 29.3 Å². The van der Waals surface area contributed by atoms with E-state index in [1.54, 1.807) is 19.1 Å². The summed E-state index contributed by atoms with van der Waals surface area (Å²) < 4.78 is 19.5. The summed E-state index contributed by atoms with van der Waals surface area (Å²) in [5.41, 5.74) is 5.91. The van der Waals surface area contributed by atoms with Gasteiger partial charge >= 0.3 is 0 Å². The monoisotopic (exact) mass is 395 g/mol. The molecule has 3 rings (SSSR count). The number of aromatic nitrogens is 1. The van der Waals surface area contributed by atoms with Gasteiger partial charge in [-0.2, -0.15) is 0 Å². The Hall–Kier alpha value is -2.18. The summed E-state index contributed by atoms with van der Waals surface area (Å²) >= 11 is 11.8. The second kappa shape index (κ2) is 7.21. The summed E-state index contributed by atoms with van der Waals surface area (Å²) in [7, 11) is 0. The number of halogens is 3. The zero-order chi connectivity index (χ0) is 18.9. The van der Waals surface area contributed by atoms with Crippen molar-refractivity contribution in [2.45, 2.75) is 25.3 Å². The number of ether oxygens (including phenoxy) is 1. The van der Waals surface area contributed by atoms with Gasteiger partial charge in [0.05, 0.1) is 22.2 Å². The fourth-order valence-electron chi connectivity index (χ4n) is 2.86. The highest BCUT2D eigenvalue weighted by atomic mass is 35.5. The van der Waals surface area contributed by atoms with Gasteiger partial charge in [0.15, 0.2) is 5.78 Å². The Morgan fingerprint density at radius 3 is 2.85 bits per heavy atom. The molecule has 1 aliphatic heterocycles. The zero-order valence-electron chi connectivity index (χ0n) is 13.9. The molecule has 8 heteroatoms. The Labute approximate surface area is 160 Å². The molecular weight excluding hydrogens is 380 g/mol. The van der Waals surface area contributed by atoms with E-state index >= 15 is 0 Å². The van der Waals surface area contributed by atoms with Crippen LogP contribution < -0.4 is 5.73 Å². The number of rotatable bonds is 4. The lowest BCUT2D eigenvalue weighted by atomic mass is 9.87. The largest absolute Gasteiger partial charge is 0.465 e. The molecule has 136 valence electrons. The molecule has 2 aromatic rings. The van der Waals surface area contributed by atoms with E-state index in [9.17, 15) is 9.18 Å². The van der Waals surface area contributed by atoms with Crippen LogP contribution in [0.5, 0.6) is 0 Å². The van der Waals surface area contributed by atoms with Crippen molar-refractivity contribution in [2.24, 2.45) is 10.7 Å². The highest BCUT2D eigenvalue weighted by Gasteiger charge is 2.33. The number of pyridine rings is 1. The lowest BCUT2D eigenvalue weighted by Gasteiger charge is -2.30. The van der Waals surface area contributed by atoms with E-state index in [1.165, 1.54) is 18.3 Å². The molecule has 0 fully saturated rings. The predicted octanol–water partition coefficient (Wildman–Crippen LogP) is 3.90. The van der Waals surface area contributed by atoms with Crippen molar-refractivity contribution in [2.75, 3.05) is 6.61 Å². The second-order valence-corrected chi connectivity index (χ2v) is 7.06. The fraction of sp³-hybridized carbons (Fsp3) is 0.278. The van der Waals surface area contributed by atoms with Crippen LogP contribution in [0.15, 0.2) is 35.5 Å². The number of hydrogen-bond acceptors (Lipinski definition) is 5. The third-order valence-electron chi connectivity index (χ3n) is 4.24. The molecule has 1 aromatic heterocycles. The SMILES string of the molecule is C[C@@]1(c2cc(CC(=O)c3ncc(Cl)cc3Cl)ccc2F)CCOC(N)=N1. The molecule has 26 heavy (non-hydrogen) atoms. The number of amidine groups is 1. The van der Waals surface area contributed by atoms with Crippen LogP contribution in [0.4, 0.5) is 4.39 Å². The molecule has 0 saturated heterocycles. The number of carbonyl (C=O) groups excluding carboxylic acids is 1. The summed E-state index contributed by atoms with van der Waals surface area (Å²) in [4.78, 5) is 20.7. The molecule has 0 bridgehead atoms. The summed E-state index contributed by atoms with van der Waals surface area (Å²) in [6, 6.07) is 5.98. The maximum absolute atomic E-state index is 14.4. The van der Waals surface area contributed by atoms with Crippen molar-refractivity contribution in [1.29, 1.82) is 0 Å². The van der Waals surface area contributed by atoms with Gasteiger partial charge in [0.2, 0.25) is 0 Å². The minimum Gasteiger partial charge on any atom is -0.465 e. The Kier molecular flexibility index (Phi) is 5.16. The van der Waals surface area contributed by atoms with Gasteiger partial charge in [-0.25, -0.2) is 14.4 Å². The Morgan fingerprint density at radius 2 is 2.15 bits per heavy atom. The van der Waals surface area contributed by atoms with Crippen molar-refractivity contribution in [3.05, 3.63) is 63.1 Å². The molecule has 1 aromatic carbocycles. The van der Waals surface area contributed by atoms with Crippen molar-refractivity contribution in [1.82, 2.24) is 4.98 Å². The van der Waals surface area contributed by atoms with Crippen molar-refractivity contribution in [3.8, 4) is 0 Å². The maximum Gasteiger partial charge on any atom is 0.282 e. The predicted molar refractivity (Wildman–Crippen MR) is 98.2 cm³/mol. The number of carbonyl (C=O) groups is 1.